The van der Waals surface area contributed by atoms with Gasteiger partial charge in [-0.3, -0.25) is 4.79 Å². The number of amides is 1. The lowest BCUT2D eigenvalue weighted by Crippen LogP contribution is -2.32. The van der Waals surface area contributed by atoms with Crippen LogP contribution < -0.4 is 4.74 Å². The predicted octanol–water partition coefficient (Wildman–Crippen LogP) is 1.77. The molecule has 1 saturated heterocycles. The molecule has 0 unspecified atom stereocenters. The quantitative estimate of drug-likeness (QED) is 0.811. The molecule has 1 fully saturated rings. The van der Waals surface area contributed by atoms with Crippen molar-refractivity contribution < 1.29 is 14.6 Å². The number of rotatable bonds is 6. The molecule has 6 heteroatoms. The van der Waals surface area contributed by atoms with Gasteiger partial charge in [0.1, 0.15) is 5.75 Å². The molecule has 0 radical (unpaired) electrons. The van der Waals surface area contributed by atoms with Gasteiger partial charge < -0.3 is 19.6 Å². The zero-order valence-electron chi connectivity index (χ0n) is 14.0. The van der Waals surface area contributed by atoms with Gasteiger partial charge in [0, 0.05) is 39.0 Å². The Morgan fingerprint density at radius 1 is 1.48 bits per heavy atom. The second kappa shape index (κ2) is 8.13. The number of methoxy groups -OCH3 is 1. The number of hydrogen-bond acceptors (Lipinski definition) is 4. The lowest BCUT2D eigenvalue weighted by Gasteiger charge is -2.20. The van der Waals surface area contributed by atoms with E-state index in [1.807, 2.05) is 32.3 Å². The number of ether oxygens (including phenoxy) is 1. The topological polar surface area (TPSA) is 53.0 Å². The molecule has 128 valence electrons. The summed E-state index contributed by atoms with van der Waals surface area (Å²) in [5, 5.41) is 9.95. The van der Waals surface area contributed by atoms with Gasteiger partial charge in [0.15, 0.2) is 0 Å². The maximum absolute atomic E-state index is 12.3. The number of likely N-dealkylation sites (tertiary alicyclic amines) is 1. The van der Waals surface area contributed by atoms with Crippen molar-refractivity contribution in [1.29, 1.82) is 0 Å². The summed E-state index contributed by atoms with van der Waals surface area (Å²) < 4.78 is 6.14. The van der Waals surface area contributed by atoms with E-state index in [1.165, 1.54) is 0 Å². The van der Waals surface area contributed by atoms with E-state index in [1.54, 1.807) is 12.0 Å². The summed E-state index contributed by atoms with van der Waals surface area (Å²) in [7, 11) is 5.44. The number of carbonyl (C=O) groups excluding carboxylic acids is 1. The number of hydrogen-bond donors (Lipinski definition) is 1. The van der Waals surface area contributed by atoms with Crippen molar-refractivity contribution in [3.05, 3.63) is 28.2 Å². The van der Waals surface area contributed by atoms with Gasteiger partial charge in [-0.2, -0.15) is 0 Å². The van der Waals surface area contributed by atoms with Crippen LogP contribution in [-0.4, -0.2) is 67.8 Å². The second-order valence-electron chi connectivity index (χ2n) is 6.29. The Morgan fingerprint density at radius 3 is 2.78 bits per heavy atom. The molecule has 0 spiro atoms. The highest BCUT2D eigenvalue weighted by atomic mass is 79.9. The Bertz CT molecular complexity index is 553. The molecule has 1 heterocycles. The van der Waals surface area contributed by atoms with Crippen molar-refractivity contribution in [2.24, 2.45) is 5.92 Å². The van der Waals surface area contributed by atoms with E-state index >= 15 is 0 Å². The first kappa shape index (κ1) is 18.2. The Morgan fingerprint density at radius 2 is 2.22 bits per heavy atom. The fraction of sp³-hybridized carbons (Fsp3) is 0.588. The molecule has 5 nitrogen and oxygen atoms in total. The Kier molecular flexibility index (Phi) is 6.44. The molecule has 2 rings (SSSR count). The summed E-state index contributed by atoms with van der Waals surface area (Å²) in [6.07, 6.45) is 0.807. The van der Waals surface area contributed by atoms with Crippen LogP contribution in [0, 0.1) is 5.92 Å². The van der Waals surface area contributed by atoms with E-state index in [4.69, 9.17) is 4.74 Å². The van der Waals surface area contributed by atoms with Crippen LogP contribution in [0.4, 0.5) is 0 Å². The van der Waals surface area contributed by atoms with Gasteiger partial charge in [-0.25, -0.2) is 0 Å². The molecule has 1 N–H and O–H groups in total. The van der Waals surface area contributed by atoms with Gasteiger partial charge in [0.2, 0.25) is 5.91 Å². The van der Waals surface area contributed by atoms with E-state index in [0.29, 0.717) is 19.5 Å². The average molecular weight is 385 g/mol. The van der Waals surface area contributed by atoms with Crippen molar-refractivity contribution in [1.82, 2.24) is 9.80 Å². The molecule has 1 aliphatic rings. The van der Waals surface area contributed by atoms with Gasteiger partial charge in [-0.05, 0) is 47.1 Å². The normalized spacial score (nSPS) is 21.4. The predicted molar refractivity (Wildman–Crippen MR) is 93.6 cm³/mol. The van der Waals surface area contributed by atoms with Crippen molar-refractivity contribution in [2.45, 2.75) is 18.9 Å². The van der Waals surface area contributed by atoms with E-state index < -0.39 is 6.10 Å². The third kappa shape index (κ3) is 4.93. The van der Waals surface area contributed by atoms with Crippen LogP contribution in [0.3, 0.4) is 0 Å². The summed E-state index contributed by atoms with van der Waals surface area (Å²) in [5.41, 5.74) is 1.15. The van der Waals surface area contributed by atoms with Gasteiger partial charge in [0.05, 0.1) is 17.7 Å². The number of β-amino-alcohol motifs (C(OH)–C–C–N with tert-alkyl or cyclic N) is 1. The van der Waals surface area contributed by atoms with E-state index in [9.17, 15) is 9.90 Å². The first-order valence-corrected chi connectivity index (χ1v) is 8.63. The Labute approximate surface area is 146 Å². The molecule has 0 aliphatic carbocycles. The smallest absolute Gasteiger partial charge is 0.222 e. The van der Waals surface area contributed by atoms with Crippen molar-refractivity contribution in [2.75, 3.05) is 40.8 Å². The highest BCUT2D eigenvalue weighted by Gasteiger charge is 2.31. The summed E-state index contributed by atoms with van der Waals surface area (Å²) in [6, 6.07) is 5.95. The van der Waals surface area contributed by atoms with Crippen LogP contribution in [0.1, 0.15) is 12.0 Å². The molecule has 1 aliphatic heterocycles. The maximum atomic E-state index is 12.3. The van der Waals surface area contributed by atoms with Crippen LogP contribution in [0.2, 0.25) is 0 Å². The standard InChI is InChI=1S/C17H25BrN2O3/c1-19-10-13(15(21)11-19)9-17(22)20(2)7-6-12-4-5-16(23-3)14(18)8-12/h4-5,8,13,15,21H,6-7,9-11H2,1-3H3/t13-,15-/m1/s1. The molecule has 1 amide bonds. The Hall–Kier alpha value is -1.11. The van der Waals surface area contributed by atoms with Crippen LogP contribution in [-0.2, 0) is 11.2 Å². The van der Waals surface area contributed by atoms with Crippen molar-refractivity contribution >= 4 is 21.8 Å². The van der Waals surface area contributed by atoms with Crippen LogP contribution in [0.25, 0.3) is 0 Å². The second-order valence-corrected chi connectivity index (χ2v) is 7.14. The molecule has 2 atom stereocenters. The van der Waals surface area contributed by atoms with Crippen LogP contribution in [0.5, 0.6) is 5.75 Å². The molecule has 1 aromatic carbocycles. The van der Waals surface area contributed by atoms with Crippen molar-refractivity contribution in [3.63, 3.8) is 0 Å². The van der Waals surface area contributed by atoms with Crippen molar-refractivity contribution in [3.8, 4) is 5.75 Å². The summed E-state index contributed by atoms with van der Waals surface area (Å²) in [6.45, 7) is 2.10. The highest BCUT2D eigenvalue weighted by molar-refractivity contribution is 9.10. The van der Waals surface area contributed by atoms with Gasteiger partial charge in [-0.1, -0.05) is 6.07 Å². The minimum Gasteiger partial charge on any atom is -0.496 e. The number of carbonyl (C=O) groups is 1. The maximum Gasteiger partial charge on any atom is 0.222 e. The number of benzene rings is 1. The highest BCUT2D eigenvalue weighted by Crippen LogP contribution is 2.26. The molecular weight excluding hydrogens is 360 g/mol. The lowest BCUT2D eigenvalue weighted by atomic mass is 10.0. The largest absolute Gasteiger partial charge is 0.496 e. The fourth-order valence-electron chi connectivity index (χ4n) is 2.93. The number of nitrogens with zero attached hydrogens (tertiary/aromatic N) is 2. The number of likely N-dealkylation sites (N-methyl/N-ethyl adjacent to an activating group) is 2. The number of aliphatic hydroxyl groups is 1. The first-order chi connectivity index (χ1) is 10.9. The molecular formula is C17H25BrN2O3. The zero-order chi connectivity index (χ0) is 17.0. The fourth-order valence-corrected chi connectivity index (χ4v) is 3.52. The average Bonchev–Trinajstić information content (AvgIpc) is 2.82. The SMILES string of the molecule is COc1ccc(CCN(C)C(=O)C[C@@H]2CN(C)C[C@H]2O)cc1Br. The summed E-state index contributed by atoms with van der Waals surface area (Å²) in [5.74, 6) is 0.944. The monoisotopic (exact) mass is 384 g/mol. The molecule has 1 aromatic rings. The molecule has 0 bridgehead atoms. The van der Waals surface area contributed by atoms with E-state index in [0.717, 1.165) is 28.8 Å². The minimum atomic E-state index is -0.394. The third-order valence-corrected chi connectivity index (χ3v) is 5.02. The van der Waals surface area contributed by atoms with Gasteiger partial charge in [-0.15, -0.1) is 0 Å². The molecule has 0 saturated carbocycles. The minimum absolute atomic E-state index is 0.0464. The summed E-state index contributed by atoms with van der Waals surface area (Å²) >= 11 is 3.48. The lowest BCUT2D eigenvalue weighted by molar-refractivity contribution is -0.131. The van der Waals surface area contributed by atoms with E-state index in [-0.39, 0.29) is 11.8 Å². The number of halogens is 1. The van der Waals surface area contributed by atoms with Crippen LogP contribution in [0.15, 0.2) is 22.7 Å². The molecule has 23 heavy (non-hydrogen) atoms. The van der Waals surface area contributed by atoms with Gasteiger partial charge >= 0.3 is 0 Å². The van der Waals surface area contributed by atoms with Gasteiger partial charge in [0.25, 0.3) is 0 Å². The summed E-state index contributed by atoms with van der Waals surface area (Å²) in [4.78, 5) is 16.1. The van der Waals surface area contributed by atoms with Crippen LogP contribution >= 0.6 is 15.9 Å². The number of aliphatic hydroxyl groups excluding tert-OH is 1. The molecule has 0 aromatic heterocycles. The third-order valence-electron chi connectivity index (χ3n) is 4.40. The van der Waals surface area contributed by atoms with E-state index in [2.05, 4.69) is 20.8 Å². The Balaban J connectivity index is 1.83. The first-order valence-electron chi connectivity index (χ1n) is 7.83. The zero-order valence-corrected chi connectivity index (χ0v) is 15.5.